The summed E-state index contributed by atoms with van der Waals surface area (Å²) >= 11 is 0. The number of rotatable bonds is 5. The molecule has 1 fully saturated rings. The Morgan fingerprint density at radius 3 is 2.72 bits per heavy atom. The number of hydrogen-bond acceptors (Lipinski definition) is 6. The van der Waals surface area contributed by atoms with Crippen LogP contribution in [0.5, 0.6) is 0 Å². The monoisotopic (exact) mass is 337 g/mol. The van der Waals surface area contributed by atoms with Crippen molar-refractivity contribution in [3.63, 3.8) is 0 Å². The lowest BCUT2D eigenvalue weighted by Crippen LogP contribution is -2.35. The van der Waals surface area contributed by atoms with Crippen LogP contribution < -0.4 is 5.32 Å². The Morgan fingerprint density at radius 2 is 1.96 bits per heavy atom. The lowest BCUT2D eigenvalue weighted by atomic mass is 10.1. The molecule has 3 rings (SSSR count). The fourth-order valence-electron chi connectivity index (χ4n) is 2.91. The second-order valence-corrected chi connectivity index (χ2v) is 6.31. The predicted molar refractivity (Wildman–Crippen MR) is 96.1 cm³/mol. The molecular formula is C19H23N5O. The molecule has 0 saturated carbocycles. The van der Waals surface area contributed by atoms with E-state index < -0.39 is 0 Å². The Kier molecular flexibility index (Phi) is 5.59. The number of benzene rings is 1. The molecule has 130 valence electrons. The Labute approximate surface area is 148 Å². The van der Waals surface area contributed by atoms with Crippen LogP contribution in [0.25, 0.3) is 0 Å². The highest BCUT2D eigenvalue weighted by Gasteiger charge is 2.12. The maximum Gasteiger partial charge on any atom is 0.167 e. The Bertz CT molecular complexity index is 778. The molecule has 2 aromatic rings. The van der Waals surface area contributed by atoms with E-state index in [0.717, 1.165) is 49.7 Å². The number of aryl methyl sites for hydroxylation is 1. The molecule has 25 heavy (non-hydrogen) atoms. The minimum Gasteiger partial charge on any atom is -0.379 e. The molecule has 0 amide bonds. The van der Waals surface area contributed by atoms with Gasteiger partial charge < -0.3 is 10.1 Å². The predicted octanol–water partition coefficient (Wildman–Crippen LogP) is 2.41. The van der Waals surface area contributed by atoms with Gasteiger partial charge in [-0.3, -0.25) is 4.90 Å². The van der Waals surface area contributed by atoms with Crippen LogP contribution in [0.1, 0.15) is 27.9 Å². The minimum absolute atomic E-state index is 0.546. The van der Waals surface area contributed by atoms with Crippen LogP contribution in [0.3, 0.4) is 0 Å². The molecule has 1 N–H and O–H groups in total. The molecule has 0 aliphatic carbocycles. The highest BCUT2D eigenvalue weighted by Crippen LogP contribution is 2.18. The van der Waals surface area contributed by atoms with E-state index in [1.54, 1.807) is 0 Å². The SMILES string of the molecule is Cc1nnc(NCc2cccc(CN3CCOCC3)c2)c(C#N)c1C. The summed E-state index contributed by atoms with van der Waals surface area (Å²) in [7, 11) is 0. The highest BCUT2D eigenvalue weighted by molar-refractivity contribution is 5.55. The summed E-state index contributed by atoms with van der Waals surface area (Å²) in [5.74, 6) is 0.546. The van der Waals surface area contributed by atoms with E-state index in [4.69, 9.17) is 4.74 Å². The fourth-order valence-corrected chi connectivity index (χ4v) is 2.91. The number of morpholine rings is 1. The topological polar surface area (TPSA) is 74.1 Å². The van der Waals surface area contributed by atoms with Gasteiger partial charge in [-0.05, 0) is 30.5 Å². The summed E-state index contributed by atoms with van der Waals surface area (Å²) in [6, 6.07) is 10.7. The van der Waals surface area contributed by atoms with Gasteiger partial charge in [0, 0.05) is 26.2 Å². The Balaban J connectivity index is 1.67. The number of ether oxygens (including phenoxy) is 1. The van der Waals surface area contributed by atoms with Crippen LogP contribution in [-0.4, -0.2) is 41.4 Å². The van der Waals surface area contributed by atoms with E-state index in [2.05, 4.69) is 50.7 Å². The molecule has 2 heterocycles. The van der Waals surface area contributed by atoms with Crippen LogP contribution in [-0.2, 0) is 17.8 Å². The highest BCUT2D eigenvalue weighted by atomic mass is 16.5. The first kappa shape index (κ1) is 17.3. The number of nitrogens with zero attached hydrogens (tertiary/aromatic N) is 4. The van der Waals surface area contributed by atoms with Crippen molar-refractivity contribution in [3.05, 3.63) is 52.2 Å². The van der Waals surface area contributed by atoms with E-state index in [9.17, 15) is 5.26 Å². The summed E-state index contributed by atoms with van der Waals surface area (Å²) in [5, 5.41) is 20.9. The third kappa shape index (κ3) is 4.32. The molecule has 0 spiro atoms. The van der Waals surface area contributed by atoms with Crippen LogP contribution in [0.2, 0.25) is 0 Å². The average Bonchev–Trinajstić information content (AvgIpc) is 2.64. The van der Waals surface area contributed by atoms with E-state index in [1.165, 1.54) is 5.56 Å². The molecule has 1 aliphatic rings. The quantitative estimate of drug-likeness (QED) is 0.903. The van der Waals surface area contributed by atoms with Crippen LogP contribution in [0.15, 0.2) is 24.3 Å². The van der Waals surface area contributed by atoms with E-state index in [1.807, 2.05) is 13.8 Å². The zero-order chi connectivity index (χ0) is 17.6. The third-order valence-electron chi connectivity index (χ3n) is 4.53. The number of aromatic nitrogens is 2. The molecule has 0 unspecified atom stereocenters. The summed E-state index contributed by atoms with van der Waals surface area (Å²) in [6.45, 7) is 8.89. The Morgan fingerprint density at radius 1 is 1.20 bits per heavy atom. The maximum absolute atomic E-state index is 9.37. The molecule has 1 aromatic heterocycles. The lowest BCUT2D eigenvalue weighted by molar-refractivity contribution is 0.0342. The molecule has 6 heteroatoms. The van der Waals surface area contributed by atoms with E-state index >= 15 is 0 Å². The van der Waals surface area contributed by atoms with Crippen molar-refractivity contribution in [2.45, 2.75) is 26.9 Å². The van der Waals surface area contributed by atoms with Crippen molar-refractivity contribution < 1.29 is 4.74 Å². The zero-order valence-electron chi connectivity index (χ0n) is 14.7. The number of anilines is 1. The van der Waals surface area contributed by atoms with Gasteiger partial charge in [-0.15, -0.1) is 5.10 Å². The van der Waals surface area contributed by atoms with Crippen molar-refractivity contribution in [1.82, 2.24) is 15.1 Å². The van der Waals surface area contributed by atoms with Gasteiger partial charge in [-0.2, -0.15) is 10.4 Å². The molecule has 0 radical (unpaired) electrons. The van der Waals surface area contributed by atoms with E-state index in [0.29, 0.717) is 17.9 Å². The number of hydrogen-bond donors (Lipinski definition) is 1. The van der Waals surface area contributed by atoms with Gasteiger partial charge in [0.1, 0.15) is 11.6 Å². The maximum atomic E-state index is 9.37. The molecule has 1 saturated heterocycles. The van der Waals surface area contributed by atoms with Crippen LogP contribution in [0.4, 0.5) is 5.82 Å². The summed E-state index contributed by atoms with van der Waals surface area (Å²) in [5.41, 5.74) is 4.68. The largest absolute Gasteiger partial charge is 0.379 e. The molecule has 1 aliphatic heterocycles. The van der Waals surface area contributed by atoms with Crippen molar-refractivity contribution in [3.8, 4) is 6.07 Å². The minimum atomic E-state index is 0.546. The van der Waals surface area contributed by atoms with Gasteiger partial charge >= 0.3 is 0 Å². The van der Waals surface area contributed by atoms with Gasteiger partial charge in [0.15, 0.2) is 5.82 Å². The molecule has 1 aromatic carbocycles. The molecule has 0 atom stereocenters. The van der Waals surface area contributed by atoms with Crippen molar-refractivity contribution in [1.29, 1.82) is 5.26 Å². The van der Waals surface area contributed by atoms with Crippen molar-refractivity contribution in [2.75, 3.05) is 31.6 Å². The summed E-state index contributed by atoms with van der Waals surface area (Å²) < 4.78 is 5.40. The molecular weight excluding hydrogens is 314 g/mol. The number of nitriles is 1. The standard InChI is InChI=1S/C19H23N5O/c1-14-15(2)22-23-19(18(14)11-20)21-12-16-4-3-5-17(10-16)13-24-6-8-25-9-7-24/h3-5,10H,6-9,12-13H2,1-2H3,(H,21,23). The second-order valence-electron chi connectivity index (χ2n) is 6.31. The first-order chi connectivity index (χ1) is 12.2. The average molecular weight is 337 g/mol. The first-order valence-corrected chi connectivity index (χ1v) is 8.53. The van der Waals surface area contributed by atoms with Gasteiger partial charge in [0.25, 0.3) is 0 Å². The van der Waals surface area contributed by atoms with E-state index in [-0.39, 0.29) is 0 Å². The fraction of sp³-hybridized carbons (Fsp3) is 0.421. The lowest BCUT2D eigenvalue weighted by Gasteiger charge is -2.26. The molecule has 6 nitrogen and oxygen atoms in total. The van der Waals surface area contributed by atoms with Crippen LogP contribution >= 0.6 is 0 Å². The normalized spacial score (nSPS) is 14.9. The van der Waals surface area contributed by atoms with Crippen molar-refractivity contribution in [2.24, 2.45) is 0 Å². The van der Waals surface area contributed by atoms with Crippen LogP contribution in [0, 0.1) is 25.2 Å². The zero-order valence-corrected chi connectivity index (χ0v) is 14.7. The van der Waals surface area contributed by atoms with Gasteiger partial charge in [0.2, 0.25) is 0 Å². The number of nitrogens with one attached hydrogen (secondary N) is 1. The van der Waals surface area contributed by atoms with Gasteiger partial charge in [0.05, 0.1) is 18.9 Å². The first-order valence-electron chi connectivity index (χ1n) is 8.53. The van der Waals surface area contributed by atoms with Gasteiger partial charge in [-0.25, -0.2) is 0 Å². The second kappa shape index (κ2) is 8.06. The third-order valence-corrected chi connectivity index (χ3v) is 4.53. The smallest absolute Gasteiger partial charge is 0.167 e. The van der Waals surface area contributed by atoms with Crippen molar-refractivity contribution >= 4 is 5.82 Å². The summed E-state index contributed by atoms with van der Waals surface area (Å²) in [6.07, 6.45) is 0. The molecule has 0 bridgehead atoms. The van der Waals surface area contributed by atoms with Gasteiger partial charge in [-0.1, -0.05) is 24.3 Å². The Hall–Kier alpha value is -2.49. The summed E-state index contributed by atoms with van der Waals surface area (Å²) in [4.78, 5) is 2.40.